The van der Waals surface area contributed by atoms with Crippen LogP contribution in [0.1, 0.15) is 29.8 Å². The molecule has 0 radical (unpaired) electrons. The van der Waals surface area contributed by atoms with Crippen LogP contribution in [-0.2, 0) is 13.1 Å². The van der Waals surface area contributed by atoms with Gasteiger partial charge in [0.1, 0.15) is 10.6 Å². The van der Waals surface area contributed by atoms with Crippen LogP contribution >= 0.6 is 11.3 Å². The van der Waals surface area contributed by atoms with Gasteiger partial charge in [-0.25, -0.2) is 4.98 Å². The highest BCUT2D eigenvalue weighted by molar-refractivity contribution is 7.09. The van der Waals surface area contributed by atoms with Crippen molar-refractivity contribution in [3.8, 4) is 0 Å². The number of nitrogens with zero attached hydrogens (tertiary/aromatic N) is 2. The third-order valence-corrected chi connectivity index (χ3v) is 6.71. The minimum Gasteiger partial charge on any atom is -0.464 e. The molecule has 3 aromatic rings. The van der Waals surface area contributed by atoms with E-state index in [2.05, 4.69) is 38.8 Å². The monoisotopic (exact) mass is 353 g/mol. The van der Waals surface area contributed by atoms with Crippen molar-refractivity contribution in [2.24, 2.45) is 5.41 Å². The molecule has 4 nitrogen and oxygen atoms in total. The molecule has 5 rings (SSSR count). The molecule has 1 spiro atoms. The largest absolute Gasteiger partial charge is 0.464 e. The van der Waals surface area contributed by atoms with E-state index in [1.165, 1.54) is 35.2 Å². The van der Waals surface area contributed by atoms with Gasteiger partial charge in [0.05, 0.1) is 12.8 Å². The lowest BCUT2D eigenvalue weighted by Crippen LogP contribution is -2.35. The first-order valence-electron chi connectivity index (χ1n) is 9.12. The van der Waals surface area contributed by atoms with Crippen LogP contribution in [0.3, 0.4) is 0 Å². The second-order valence-corrected chi connectivity index (χ2v) is 8.40. The topological polar surface area (TPSA) is 41.3 Å². The lowest BCUT2D eigenvalue weighted by molar-refractivity contribution is 0.188. The summed E-state index contributed by atoms with van der Waals surface area (Å²) < 4.78 is 5.77. The second-order valence-electron chi connectivity index (χ2n) is 7.42. The van der Waals surface area contributed by atoms with Crippen molar-refractivity contribution in [3.05, 3.63) is 52.7 Å². The number of furan rings is 1. The number of nitrogens with one attached hydrogen (secondary N) is 1. The Balaban J connectivity index is 1.41. The number of para-hydroxylation sites is 1. The van der Waals surface area contributed by atoms with Crippen molar-refractivity contribution in [1.82, 2.24) is 15.2 Å². The van der Waals surface area contributed by atoms with Gasteiger partial charge in [0, 0.05) is 35.1 Å². The van der Waals surface area contributed by atoms with Gasteiger partial charge in [-0.05, 0) is 43.8 Å². The zero-order valence-electron chi connectivity index (χ0n) is 14.3. The van der Waals surface area contributed by atoms with E-state index in [4.69, 9.17) is 4.42 Å². The number of fused-ring (bicyclic) bond motifs is 1. The summed E-state index contributed by atoms with van der Waals surface area (Å²) in [5, 5.41) is 8.04. The zero-order valence-corrected chi connectivity index (χ0v) is 15.1. The van der Waals surface area contributed by atoms with Crippen LogP contribution in [0.5, 0.6) is 0 Å². The Morgan fingerprint density at radius 2 is 2.12 bits per heavy atom. The molecular weight excluding hydrogens is 330 g/mol. The van der Waals surface area contributed by atoms with E-state index in [1.807, 2.05) is 18.5 Å². The van der Waals surface area contributed by atoms with E-state index in [0.29, 0.717) is 11.5 Å². The fourth-order valence-corrected chi connectivity index (χ4v) is 5.10. The van der Waals surface area contributed by atoms with Crippen LogP contribution in [0.2, 0.25) is 0 Å². The molecule has 2 fully saturated rings. The van der Waals surface area contributed by atoms with Crippen molar-refractivity contribution in [3.63, 3.8) is 0 Å². The molecule has 5 heteroatoms. The van der Waals surface area contributed by atoms with E-state index >= 15 is 0 Å². The number of aromatic nitrogens is 1. The molecule has 1 atom stereocenters. The molecule has 0 bridgehead atoms. The maximum atomic E-state index is 5.77. The molecule has 2 aromatic heterocycles. The first kappa shape index (κ1) is 15.6. The van der Waals surface area contributed by atoms with Crippen LogP contribution in [0, 0.1) is 5.41 Å². The summed E-state index contributed by atoms with van der Waals surface area (Å²) in [7, 11) is 0. The number of hydrogen-bond donors (Lipinski definition) is 1. The highest BCUT2D eigenvalue weighted by atomic mass is 32.1. The Bertz CT molecular complexity index is 851. The molecular formula is C20H23N3OS. The molecule has 1 saturated heterocycles. The van der Waals surface area contributed by atoms with Crippen molar-refractivity contribution in [2.75, 3.05) is 13.1 Å². The van der Waals surface area contributed by atoms with Crippen LogP contribution in [0.25, 0.3) is 11.0 Å². The second kappa shape index (κ2) is 6.24. The Hall–Kier alpha value is -1.69. The predicted octanol–water partition coefficient (Wildman–Crippen LogP) is 4.03. The number of thiazole rings is 1. The summed E-state index contributed by atoms with van der Waals surface area (Å²) in [5.74, 6) is 0. The minimum absolute atomic E-state index is 0.530. The Morgan fingerprint density at radius 3 is 2.96 bits per heavy atom. The van der Waals surface area contributed by atoms with Crippen molar-refractivity contribution < 1.29 is 4.42 Å². The lowest BCUT2D eigenvalue weighted by Gasteiger charge is -2.29. The molecule has 25 heavy (non-hydrogen) atoms. The summed E-state index contributed by atoms with van der Waals surface area (Å²) in [5.41, 5.74) is 2.81. The smallest absolute Gasteiger partial charge is 0.134 e. The third kappa shape index (κ3) is 2.90. The quantitative estimate of drug-likeness (QED) is 0.752. The molecule has 130 valence electrons. The van der Waals surface area contributed by atoms with Crippen LogP contribution in [-0.4, -0.2) is 29.0 Å². The van der Waals surface area contributed by atoms with Gasteiger partial charge < -0.3 is 9.73 Å². The summed E-state index contributed by atoms with van der Waals surface area (Å²) in [6, 6.07) is 9.02. The van der Waals surface area contributed by atoms with Crippen LogP contribution in [0.4, 0.5) is 0 Å². The molecule has 1 unspecified atom stereocenters. The molecule has 0 amide bonds. The van der Waals surface area contributed by atoms with E-state index in [1.54, 1.807) is 11.3 Å². The van der Waals surface area contributed by atoms with Gasteiger partial charge in [0.15, 0.2) is 0 Å². The number of rotatable bonds is 5. The van der Waals surface area contributed by atoms with Gasteiger partial charge in [0.2, 0.25) is 0 Å². The third-order valence-electron chi connectivity index (χ3n) is 5.94. The fraction of sp³-hybridized carbons (Fsp3) is 0.450. The van der Waals surface area contributed by atoms with E-state index in [0.717, 1.165) is 31.8 Å². The highest BCUT2D eigenvalue weighted by Gasteiger charge is 2.56. The summed E-state index contributed by atoms with van der Waals surface area (Å²) in [4.78, 5) is 7.17. The van der Waals surface area contributed by atoms with Gasteiger partial charge in [0.25, 0.3) is 0 Å². The zero-order chi connectivity index (χ0) is 16.7. The van der Waals surface area contributed by atoms with Gasteiger partial charge in [-0.3, -0.25) is 4.90 Å². The molecule has 3 heterocycles. The molecule has 1 N–H and O–H groups in total. The number of hydrogen-bond acceptors (Lipinski definition) is 5. The normalized spacial score (nSPS) is 22.0. The van der Waals surface area contributed by atoms with Crippen molar-refractivity contribution >= 4 is 22.3 Å². The van der Waals surface area contributed by atoms with E-state index in [9.17, 15) is 0 Å². The average molecular weight is 353 g/mol. The molecule has 1 aliphatic carbocycles. The van der Waals surface area contributed by atoms with E-state index in [-0.39, 0.29) is 0 Å². The Morgan fingerprint density at radius 1 is 1.24 bits per heavy atom. The first-order valence-corrected chi connectivity index (χ1v) is 10.0. The van der Waals surface area contributed by atoms with E-state index < -0.39 is 0 Å². The number of piperidine rings is 1. The Labute approximate surface area is 151 Å². The fourth-order valence-electron chi connectivity index (χ4n) is 4.46. The maximum Gasteiger partial charge on any atom is 0.134 e. The summed E-state index contributed by atoms with van der Waals surface area (Å²) >= 11 is 1.76. The molecule has 2 aliphatic rings. The lowest BCUT2D eigenvalue weighted by atomic mass is 9.93. The summed E-state index contributed by atoms with van der Waals surface area (Å²) in [6.07, 6.45) is 7.79. The predicted molar refractivity (Wildman–Crippen MR) is 101 cm³/mol. The van der Waals surface area contributed by atoms with Crippen molar-refractivity contribution in [2.45, 2.75) is 38.4 Å². The summed E-state index contributed by atoms with van der Waals surface area (Å²) in [6.45, 7) is 4.21. The van der Waals surface area contributed by atoms with Crippen molar-refractivity contribution in [1.29, 1.82) is 0 Å². The molecule has 1 aliphatic heterocycles. The highest BCUT2D eigenvalue weighted by Crippen LogP contribution is 2.56. The first-order chi connectivity index (χ1) is 12.3. The minimum atomic E-state index is 0.530. The number of benzene rings is 1. The maximum absolute atomic E-state index is 5.77. The van der Waals surface area contributed by atoms with Gasteiger partial charge in [-0.2, -0.15) is 0 Å². The Kier molecular flexibility index (Phi) is 3.88. The van der Waals surface area contributed by atoms with Gasteiger partial charge in [-0.1, -0.05) is 18.2 Å². The van der Waals surface area contributed by atoms with Crippen LogP contribution in [0.15, 0.2) is 46.5 Å². The van der Waals surface area contributed by atoms with Gasteiger partial charge in [-0.15, -0.1) is 11.3 Å². The average Bonchev–Trinajstić information content (AvgIpc) is 3.03. The SMILES string of the molecule is c1ccc2c(CN(Cc3nccs3)C3CC34CCNCC4)coc2c1. The molecule has 1 saturated carbocycles. The standard InChI is InChI=1S/C20H23N3OS/c1-2-4-17-16(3-1)15(14-24-17)12-23(13-19-22-9-10-25-19)18-11-20(18)5-7-21-8-6-20/h1-4,9-10,14,18,21H,5-8,11-13H2. The van der Waals surface area contributed by atoms with Crippen LogP contribution < -0.4 is 5.32 Å². The molecule has 1 aromatic carbocycles. The van der Waals surface area contributed by atoms with Gasteiger partial charge >= 0.3 is 0 Å².